The highest BCUT2D eigenvalue weighted by atomic mass is 16.6. The van der Waals surface area contributed by atoms with Crippen molar-refractivity contribution in [3.8, 4) is 0 Å². The zero-order valence-corrected chi connectivity index (χ0v) is 7.02. The summed E-state index contributed by atoms with van der Waals surface area (Å²) in [6, 6.07) is 0. The van der Waals surface area contributed by atoms with Crippen molar-refractivity contribution < 1.29 is 24.9 Å². The van der Waals surface area contributed by atoms with E-state index in [4.69, 9.17) is 15.4 Å². The summed E-state index contributed by atoms with van der Waals surface area (Å²) >= 11 is 0. The van der Waals surface area contributed by atoms with Gasteiger partial charge in [-0.3, -0.25) is 0 Å². The number of hydrogen-bond donors (Lipinski definition) is 3. The van der Waals surface area contributed by atoms with Crippen LogP contribution in [-0.2, 0) is 9.53 Å². The molecule has 1 fully saturated rings. The van der Waals surface area contributed by atoms with E-state index < -0.39 is 30.4 Å². The van der Waals surface area contributed by atoms with E-state index >= 15 is 0 Å². The number of carboxylic acid groups (broad SMARTS) is 1. The van der Waals surface area contributed by atoms with E-state index in [1.807, 2.05) is 0 Å². The first kappa shape index (κ1) is 10.7. The Bertz CT molecular complexity index is 277. The highest BCUT2D eigenvalue weighted by molar-refractivity contribution is 5.73. The van der Waals surface area contributed by atoms with Crippen LogP contribution in [-0.4, -0.2) is 52.2 Å². The summed E-state index contributed by atoms with van der Waals surface area (Å²) in [6.45, 7) is -0.210. The number of ether oxygens (including phenoxy) is 1. The minimum Gasteiger partial charge on any atom is -0.479 e. The third-order valence-electron chi connectivity index (χ3n) is 1.93. The topological polar surface area (TPSA) is 136 Å². The summed E-state index contributed by atoms with van der Waals surface area (Å²) in [5.74, 6) is -1.36. The van der Waals surface area contributed by atoms with Gasteiger partial charge in [0.15, 0.2) is 6.10 Å². The molecule has 0 unspecified atom stereocenters. The van der Waals surface area contributed by atoms with Crippen LogP contribution in [0.5, 0.6) is 0 Å². The Morgan fingerprint density at radius 3 is 2.57 bits per heavy atom. The van der Waals surface area contributed by atoms with Crippen LogP contribution in [0.1, 0.15) is 0 Å². The van der Waals surface area contributed by atoms with E-state index in [0.717, 1.165) is 0 Å². The van der Waals surface area contributed by atoms with Gasteiger partial charge in [-0.05, 0) is 5.53 Å². The average Bonchev–Trinajstić information content (AvgIpc) is 2.42. The first-order valence-electron chi connectivity index (χ1n) is 3.83. The number of hydrogen-bond acceptors (Lipinski definition) is 5. The third kappa shape index (κ3) is 1.94. The Hall–Kier alpha value is -1.34. The van der Waals surface area contributed by atoms with Gasteiger partial charge in [0.1, 0.15) is 12.2 Å². The zero-order chi connectivity index (χ0) is 10.7. The Morgan fingerprint density at radius 1 is 1.50 bits per heavy atom. The fourth-order valence-corrected chi connectivity index (χ4v) is 1.22. The lowest BCUT2D eigenvalue weighted by Crippen LogP contribution is -2.36. The molecule has 1 aliphatic rings. The molecule has 8 nitrogen and oxygen atoms in total. The zero-order valence-electron chi connectivity index (χ0n) is 7.02. The summed E-state index contributed by atoms with van der Waals surface area (Å²) in [4.78, 5) is 12.9. The van der Waals surface area contributed by atoms with Gasteiger partial charge in [-0.2, -0.15) is 0 Å². The molecule has 0 radical (unpaired) electrons. The van der Waals surface area contributed by atoms with Crippen molar-refractivity contribution in [1.82, 2.24) is 0 Å². The van der Waals surface area contributed by atoms with Crippen LogP contribution in [0.2, 0.25) is 0 Å². The summed E-state index contributed by atoms with van der Waals surface area (Å²) in [6.07, 6.45) is -5.28. The molecule has 1 heterocycles. The second kappa shape index (κ2) is 4.25. The molecular weight excluding hydrogens is 194 g/mol. The fourth-order valence-electron chi connectivity index (χ4n) is 1.22. The first-order chi connectivity index (χ1) is 6.57. The van der Waals surface area contributed by atoms with Crippen LogP contribution in [0.4, 0.5) is 0 Å². The Morgan fingerprint density at radius 2 is 2.14 bits per heavy atom. The van der Waals surface area contributed by atoms with Crippen LogP contribution in [0.15, 0.2) is 5.11 Å². The van der Waals surface area contributed by atoms with Gasteiger partial charge >= 0.3 is 5.97 Å². The molecule has 0 saturated carbocycles. The van der Waals surface area contributed by atoms with Crippen LogP contribution < -0.4 is 0 Å². The molecule has 1 saturated heterocycles. The normalized spacial score (nSPS) is 36.4. The Balaban J connectivity index is 2.66. The van der Waals surface area contributed by atoms with Crippen molar-refractivity contribution in [2.75, 3.05) is 6.54 Å². The number of carboxylic acids is 1. The van der Waals surface area contributed by atoms with Crippen LogP contribution in [0.3, 0.4) is 0 Å². The fraction of sp³-hybridized carbons (Fsp3) is 0.833. The molecule has 78 valence electrons. The molecule has 0 spiro atoms. The molecule has 4 atom stereocenters. The van der Waals surface area contributed by atoms with Crippen molar-refractivity contribution in [3.05, 3.63) is 10.4 Å². The number of aliphatic hydroxyl groups is 2. The van der Waals surface area contributed by atoms with Gasteiger partial charge in [0.05, 0.1) is 12.6 Å². The number of nitrogens with zero attached hydrogens (tertiary/aromatic N) is 3. The Kier molecular flexibility index (Phi) is 3.26. The van der Waals surface area contributed by atoms with E-state index in [0.29, 0.717) is 0 Å². The average molecular weight is 203 g/mol. The van der Waals surface area contributed by atoms with Gasteiger partial charge in [-0.25, -0.2) is 4.79 Å². The lowest BCUT2D eigenvalue weighted by atomic mass is 10.1. The predicted octanol–water partition coefficient (Wildman–Crippen LogP) is -1.13. The first-order valence-corrected chi connectivity index (χ1v) is 3.83. The minimum atomic E-state index is -1.49. The second-order valence-corrected chi connectivity index (χ2v) is 2.83. The molecule has 1 rings (SSSR count). The molecule has 0 aromatic rings. The van der Waals surface area contributed by atoms with E-state index in [1.54, 1.807) is 0 Å². The van der Waals surface area contributed by atoms with Gasteiger partial charge in [-0.1, -0.05) is 5.11 Å². The van der Waals surface area contributed by atoms with Crippen LogP contribution >= 0.6 is 0 Å². The quantitative estimate of drug-likeness (QED) is 0.303. The summed E-state index contributed by atoms with van der Waals surface area (Å²) < 4.78 is 4.79. The van der Waals surface area contributed by atoms with Gasteiger partial charge in [0.2, 0.25) is 0 Å². The molecular formula is C6H9N3O5. The molecule has 0 aliphatic carbocycles. The summed E-state index contributed by atoms with van der Waals surface area (Å²) in [5, 5.41) is 30.2. The standard InChI is InChI=1S/C6H9N3O5/c7-9-8-1-2-3(10)4(11)5(14-2)6(12)13/h2-5,10-11H,1H2,(H,12,13)/t2-,3-,4+,5+/m1/s1. The van der Waals surface area contributed by atoms with Gasteiger partial charge in [0, 0.05) is 4.91 Å². The summed E-state index contributed by atoms with van der Waals surface area (Å²) in [5.41, 5.74) is 8.00. The molecule has 0 aromatic carbocycles. The highest BCUT2D eigenvalue weighted by Crippen LogP contribution is 2.21. The maximum atomic E-state index is 10.5. The lowest BCUT2D eigenvalue weighted by molar-refractivity contribution is -0.153. The molecule has 14 heavy (non-hydrogen) atoms. The van der Waals surface area contributed by atoms with E-state index in [1.165, 1.54) is 0 Å². The van der Waals surface area contributed by atoms with Gasteiger partial charge in [0.25, 0.3) is 0 Å². The molecule has 3 N–H and O–H groups in total. The van der Waals surface area contributed by atoms with Crippen molar-refractivity contribution >= 4 is 5.97 Å². The molecule has 0 aromatic heterocycles. The van der Waals surface area contributed by atoms with Gasteiger partial charge in [-0.15, -0.1) is 0 Å². The van der Waals surface area contributed by atoms with E-state index in [9.17, 15) is 15.0 Å². The molecule has 1 aliphatic heterocycles. The van der Waals surface area contributed by atoms with Gasteiger partial charge < -0.3 is 20.1 Å². The molecule has 0 bridgehead atoms. The maximum Gasteiger partial charge on any atom is 0.335 e. The smallest absolute Gasteiger partial charge is 0.335 e. The van der Waals surface area contributed by atoms with Crippen molar-refractivity contribution in [1.29, 1.82) is 0 Å². The predicted molar refractivity (Wildman–Crippen MR) is 42.3 cm³/mol. The SMILES string of the molecule is [N-]=[N+]=NC[C@H]1O[C@H](C(=O)O)[C@@H](O)[C@@H]1O. The highest BCUT2D eigenvalue weighted by Gasteiger charge is 2.45. The monoisotopic (exact) mass is 203 g/mol. The van der Waals surface area contributed by atoms with Crippen molar-refractivity contribution in [3.63, 3.8) is 0 Å². The second-order valence-electron chi connectivity index (χ2n) is 2.83. The number of azide groups is 1. The van der Waals surface area contributed by atoms with Crippen LogP contribution in [0, 0.1) is 0 Å². The number of aliphatic carboxylic acids is 1. The number of carbonyl (C=O) groups is 1. The van der Waals surface area contributed by atoms with Crippen molar-refractivity contribution in [2.45, 2.75) is 24.4 Å². The number of aliphatic hydroxyl groups excluding tert-OH is 2. The maximum absolute atomic E-state index is 10.5. The molecule has 8 heteroatoms. The largest absolute Gasteiger partial charge is 0.479 e. The third-order valence-corrected chi connectivity index (χ3v) is 1.93. The lowest BCUT2D eigenvalue weighted by Gasteiger charge is -2.10. The Labute approximate surface area is 78.3 Å². The van der Waals surface area contributed by atoms with E-state index in [2.05, 4.69) is 10.0 Å². The van der Waals surface area contributed by atoms with Crippen molar-refractivity contribution in [2.24, 2.45) is 5.11 Å². The molecule has 0 amide bonds. The van der Waals surface area contributed by atoms with Crippen LogP contribution in [0.25, 0.3) is 10.4 Å². The summed E-state index contributed by atoms with van der Waals surface area (Å²) in [7, 11) is 0. The number of rotatable bonds is 3. The minimum absolute atomic E-state index is 0.210. The van der Waals surface area contributed by atoms with E-state index in [-0.39, 0.29) is 6.54 Å².